The van der Waals surface area contributed by atoms with Crippen LogP contribution in [-0.4, -0.2) is 155 Å². The van der Waals surface area contributed by atoms with Crippen LogP contribution >= 0.6 is 0 Å². The number of carbonyl (C=O) groups excluding carboxylic acids is 12. The maximum absolute atomic E-state index is 13.8. The fourth-order valence-corrected chi connectivity index (χ4v) is 7.74. The van der Waals surface area contributed by atoms with Crippen molar-refractivity contribution in [3.8, 4) is 0 Å². The fourth-order valence-electron chi connectivity index (χ4n) is 7.74. The third kappa shape index (κ3) is 25.5. The molecule has 1 aliphatic rings. The van der Waals surface area contributed by atoms with E-state index < -0.39 is 144 Å². The highest BCUT2D eigenvalue weighted by Gasteiger charge is 2.35. The molecular formula is C49H85N13O14. The second kappa shape index (κ2) is 33.2. The van der Waals surface area contributed by atoms with Crippen molar-refractivity contribution in [2.24, 2.45) is 35.1 Å². The summed E-state index contributed by atoms with van der Waals surface area (Å²) in [6, 6.07) is -11.9. The first-order valence-electron chi connectivity index (χ1n) is 25.9. The van der Waals surface area contributed by atoms with Crippen molar-refractivity contribution in [2.75, 3.05) is 13.1 Å². The SMILES string of the molecule is CC(C)C[C@H](NC(=O)[C@H](CC(C)C)NC(=O)[C@H](CCC(N)=O)NC(=O)CNC(=O)[C@H](C)NC(=O)[C@H](CC(C)C)NC(=O)[C@H](CCC(N)=O)NC(=O)[C@H](C)NC(=O)[C@@H](NC(=O)[C@H](C)NC(=O)[C@@H]1CCCN1)C(C)C)C(=O)O. The van der Waals surface area contributed by atoms with Gasteiger partial charge in [0.2, 0.25) is 70.9 Å². The minimum absolute atomic E-state index is 0.0197. The van der Waals surface area contributed by atoms with Gasteiger partial charge in [-0.1, -0.05) is 55.4 Å². The van der Waals surface area contributed by atoms with E-state index in [1.54, 1.807) is 55.4 Å². The molecule has 16 N–H and O–H groups in total. The molecular weight excluding hydrogens is 995 g/mol. The number of aliphatic carboxylic acids is 1. The zero-order valence-electron chi connectivity index (χ0n) is 45.8. The standard InChI is InChI=1S/C49H85N13O14/c1-23(2)19-33(59-45(71)32(15-17-37(51)64)58-41(67)28(10)56-48(74)39(26(7)8)62-42(68)29(11)55-43(69)30-13-12-18-52-30)46(72)54-27(9)40(66)53-22-38(65)57-31(14-16-36(50)63)44(70)60-34(20-24(3)4)47(73)61-35(49(75)76)21-25(5)6/h23-35,39,52H,12-22H2,1-11H3,(H2,50,63)(H2,51,64)(H,53,66)(H,54,72)(H,55,69)(H,56,74)(H,57,65)(H,58,67)(H,59,71)(H,60,70)(H,61,73)(H,62,68)(H,75,76)/t27-,28-,29-,30-,31-,32-,33-,34-,35-,39-/m0/s1. The molecule has 0 bridgehead atoms. The van der Waals surface area contributed by atoms with Crippen molar-refractivity contribution < 1.29 is 67.4 Å². The Labute approximate surface area is 444 Å². The number of nitrogens with one attached hydrogen (secondary N) is 11. The van der Waals surface area contributed by atoms with Crippen LogP contribution in [0, 0.1) is 23.7 Å². The van der Waals surface area contributed by atoms with E-state index in [9.17, 15) is 67.4 Å². The van der Waals surface area contributed by atoms with E-state index >= 15 is 0 Å². The summed E-state index contributed by atoms with van der Waals surface area (Å²) in [5.41, 5.74) is 10.7. The van der Waals surface area contributed by atoms with Crippen molar-refractivity contribution in [1.29, 1.82) is 0 Å². The van der Waals surface area contributed by atoms with E-state index in [2.05, 4.69) is 58.5 Å². The number of hydrogen-bond acceptors (Lipinski definition) is 14. The summed E-state index contributed by atoms with van der Waals surface area (Å²) < 4.78 is 0. The van der Waals surface area contributed by atoms with Crippen LogP contribution in [0.15, 0.2) is 0 Å². The summed E-state index contributed by atoms with van der Waals surface area (Å²) in [5.74, 6) is -11.6. The topological polar surface area (TPSA) is 427 Å². The van der Waals surface area contributed by atoms with E-state index in [1.165, 1.54) is 20.8 Å². The highest BCUT2D eigenvalue weighted by molar-refractivity contribution is 5.98. The smallest absolute Gasteiger partial charge is 0.326 e. The van der Waals surface area contributed by atoms with Gasteiger partial charge in [-0.3, -0.25) is 57.5 Å². The first kappa shape index (κ1) is 67.1. The molecule has 1 saturated heterocycles. The van der Waals surface area contributed by atoms with Gasteiger partial charge in [0.05, 0.1) is 12.6 Å². The molecule has 1 heterocycles. The van der Waals surface area contributed by atoms with Crippen molar-refractivity contribution in [3.63, 3.8) is 0 Å². The van der Waals surface area contributed by atoms with E-state index in [1.807, 2.05) is 0 Å². The maximum atomic E-state index is 13.8. The number of hydrogen-bond donors (Lipinski definition) is 14. The molecule has 0 aliphatic carbocycles. The molecule has 12 amide bonds. The van der Waals surface area contributed by atoms with Gasteiger partial charge >= 0.3 is 5.97 Å². The normalized spacial score (nSPS) is 16.8. The van der Waals surface area contributed by atoms with E-state index in [0.29, 0.717) is 13.0 Å². The van der Waals surface area contributed by atoms with E-state index in [-0.39, 0.29) is 68.6 Å². The second-order valence-corrected chi connectivity index (χ2v) is 20.9. The Bertz CT molecular complexity index is 2060. The fraction of sp³-hybridized carbons (Fsp3) is 0.735. The molecule has 27 heteroatoms. The van der Waals surface area contributed by atoms with E-state index in [4.69, 9.17) is 11.5 Å². The average Bonchev–Trinajstić information content (AvgIpc) is 3.86. The van der Waals surface area contributed by atoms with Gasteiger partial charge in [-0.25, -0.2) is 4.79 Å². The van der Waals surface area contributed by atoms with Crippen LogP contribution in [0.1, 0.15) is 134 Å². The lowest BCUT2D eigenvalue weighted by atomic mass is 10.00. The van der Waals surface area contributed by atoms with Gasteiger partial charge in [0.15, 0.2) is 0 Å². The van der Waals surface area contributed by atoms with Crippen LogP contribution < -0.4 is 70.0 Å². The summed E-state index contributed by atoms with van der Waals surface area (Å²) in [6.07, 6.45) is 0.288. The molecule has 0 unspecified atom stereocenters. The van der Waals surface area contributed by atoms with Crippen molar-refractivity contribution in [3.05, 3.63) is 0 Å². The number of rotatable bonds is 34. The molecule has 0 radical (unpaired) electrons. The Balaban J connectivity index is 3.07. The monoisotopic (exact) mass is 1080 g/mol. The Kier molecular flexibility index (Phi) is 29.3. The molecule has 0 aromatic rings. The quantitative estimate of drug-likeness (QED) is 0.0300. The summed E-state index contributed by atoms with van der Waals surface area (Å²) in [5, 5.41) is 37.6. The highest BCUT2D eigenvalue weighted by atomic mass is 16.4. The van der Waals surface area contributed by atoms with Gasteiger partial charge in [0.25, 0.3) is 0 Å². The lowest BCUT2D eigenvalue weighted by molar-refractivity contribution is -0.143. The van der Waals surface area contributed by atoms with Gasteiger partial charge in [-0.05, 0) is 95.9 Å². The highest BCUT2D eigenvalue weighted by Crippen LogP contribution is 2.12. The third-order valence-corrected chi connectivity index (χ3v) is 11.9. The molecule has 1 aliphatic heterocycles. The van der Waals surface area contributed by atoms with Crippen molar-refractivity contribution >= 4 is 76.9 Å². The largest absolute Gasteiger partial charge is 0.480 e. The van der Waals surface area contributed by atoms with Crippen LogP contribution in [0.2, 0.25) is 0 Å². The minimum atomic E-state index is -1.47. The molecule has 76 heavy (non-hydrogen) atoms. The van der Waals surface area contributed by atoms with Gasteiger partial charge in [-0.2, -0.15) is 0 Å². The lowest BCUT2D eigenvalue weighted by Crippen LogP contribution is -2.60. The Hall–Kier alpha value is -6.93. The summed E-state index contributed by atoms with van der Waals surface area (Å²) in [4.78, 5) is 168. The lowest BCUT2D eigenvalue weighted by Gasteiger charge is -2.27. The van der Waals surface area contributed by atoms with Crippen LogP contribution in [0.3, 0.4) is 0 Å². The van der Waals surface area contributed by atoms with Crippen molar-refractivity contribution in [2.45, 2.75) is 194 Å². The molecule has 0 spiro atoms. The van der Waals surface area contributed by atoms with Gasteiger partial charge < -0.3 is 75.1 Å². The maximum Gasteiger partial charge on any atom is 0.326 e. The molecule has 10 atom stereocenters. The molecule has 0 aromatic carbocycles. The Morgan fingerprint density at radius 3 is 1.32 bits per heavy atom. The molecule has 27 nitrogen and oxygen atoms in total. The van der Waals surface area contributed by atoms with Crippen molar-refractivity contribution in [1.82, 2.24) is 58.5 Å². The number of carbonyl (C=O) groups is 13. The number of primary amides is 2. The van der Waals surface area contributed by atoms with E-state index in [0.717, 1.165) is 6.42 Å². The van der Waals surface area contributed by atoms with Crippen LogP contribution in [-0.2, 0) is 62.3 Å². The van der Waals surface area contributed by atoms with Gasteiger partial charge in [0, 0.05) is 12.8 Å². The predicted molar refractivity (Wildman–Crippen MR) is 276 cm³/mol. The zero-order chi connectivity index (χ0) is 58.1. The molecule has 0 aromatic heterocycles. The third-order valence-electron chi connectivity index (χ3n) is 11.9. The number of nitrogens with two attached hydrogens (primary N) is 2. The number of carboxylic acids is 1. The summed E-state index contributed by atoms with van der Waals surface area (Å²) in [7, 11) is 0. The number of amides is 12. The summed E-state index contributed by atoms with van der Waals surface area (Å²) >= 11 is 0. The predicted octanol–water partition coefficient (Wildman–Crippen LogP) is -3.31. The zero-order valence-corrected chi connectivity index (χ0v) is 45.8. The van der Waals surface area contributed by atoms with Gasteiger partial charge in [-0.15, -0.1) is 0 Å². The van der Waals surface area contributed by atoms with Gasteiger partial charge in [0.1, 0.15) is 54.4 Å². The van der Waals surface area contributed by atoms with Crippen LogP contribution in [0.5, 0.6) is 0 Å². The molecule has 0 saturated carbocycles. The first-order chi connectivity index (χ1) is 35.3. The molecule has 1 rings (SSSR count). The summed E-state index contributed by atoms with van der Waals surface area (Å²) in [6.45, 7) is 17.9. The molecule has 430 valence electrons. The van der Waals surface area contributed by atoms with Crippen LogP contribution in [0.25, 0.3) is 0 Å². The Morgan fingerprint density at radius 2 is 0.868 bits per heavy atom. The van der Waals surface area contributed by atoms with Crippen LogP contribution in [0.4, 0.5) is 0 Å². The average molecular weight is 1080 g/mol. The first-order valence-corrected chi connectivity index (χ1v) is 25.9. The second-order valence-electron chi connectivity index (χ2n) is 20.9. The number of carboxylic acid groups (broad SMARTS) is 1. The molecule has 1 fully saturated rings. The minimum Gasteiger partial charge on any atom is -0.480 e. The Morgan fingerprint density at radius 1 is 0.474 bits per heavy atom.